The quantitative estimate of drug-likeness (QED) is 0.873. The molecule has 0 aromatic carbocycles. The van der Waals surface area contributed by atoms with E-state index in [2.05, 4.69) is 15.3 Å². The number of imidazole rings is 1. The summed E-state index contributed by atoms with van der Waals surface area (Å²) in [6.45, 7) is 0.877. The average molecular weight is 259 g/mol. The molecule has 2 heterocycles. The zero-order valence-corrected chi connectivity index (χ0v) is 11.2. The van der Waals surface area contributed by atoms with E-state index in [1.807, 2.05) is 0 Å². The number of hydrogen-bond acceptors (Lipinski definition) is 3. The third kappa shape index (κ3) is 1.93. The number of rotatable bonds is 3. The monoisotopic (exact) mass is 259 g/mol. The molecule has 2 N–H and O–H groups in total. The van der Waals surface area contributed by atoms with Gasteiger partial charge in [-0.25, -0.2) is 4.98 Å². The minimum atomic E-state index is -0.158. The normalized spacial score (nSPS) is 36.4. The fourth-order valence-electron chi connectivity index (χ4n) is 4.49. The second-order valence-corrected chi connectivity index (χ2v) is 6.51. The van der Waals surface area contributed by atoms with Gasteiger partial charge in [0.1, 0.15) is 6.04 Å². The zero-order valence-electron chi connectivity index (χ0n) is 11.2. The van der Waals surface area contributed by atoms with Crippen LogP contribution >= 0.6 is 0 Å². The minimum Gasteiger partial charge on any atom is -0.348 e. The number of aromatic amines is 1. The molecule has 4 rings (SSSR count). The van der Waals surface area contributed by atoms with Crippen LogP contribution in [-0.2, 0) is 11.2 Å². The Morgan fingerprint density at radius 3 is 3.11 bits per heavy atom. The van der Waals surface area contributed by atoms with E-state index in [0.29, 0.717) is 11.7 Å². The number of nitrogens with one attached hydrogen (secondary N) is 2. The summed E-state index contributed by atoms with van der Waals surface area (Å²) in [5.41, 5.74) is 2.09. The predicted octanol–water partition coefficient (Wildman–Crippen LogP) is 1.99. The molecule has 1 aromatic heterocycles. The Bertz CT molecular complexity index is 495. The smallest absolute Gasteiger partial charge is 0.156 e. The van der Waals surface area contributed by atoms with Crippen LogP contribution in [0.25, 0.3) is 0 Å². The van der Waals surface area contributed by atoms with Gasteiger partial charge in [-0.1, -0.05) is 6.42 Å². The van der Waals surface area contributed by atoms with Gasteiger partial charge in [0.15, 0.2) is 5.78 Å². The third-order valence-corrected chi connectivity index (χ3v) is 5.42. The molecule has 4 atom stereocenters. The van der Waals surface area contributed by atoms with Crippen LogP contribution in [0.1, 0.15) is 49.5 Å². The van der Waals surface area contributed by atoms with E-state index in [1.54, 1.807) is 6.33 Å². The molecule has 102 valence electrons. The Balaban J connectivity index is 1.47. The van der Waals surface area contributed by atoms with Crippen LogP contribution in [0, 0.1) is 17.8 Å². The van der Waals surface area contributed by atoms with Crippen molar-refractivity contribution in [2.24, 2.45) is 17.8 Å². The number of hydrogen-bond donors (Lipinski definition) is 2. The summed E-state index contributed by atoms with van der Waals surface area (Å²) in [6.07, 6.45) is 8.85. The maximum absolute atomic E-state index is 12.6. The summed E-state index contributed by atoms with van der Waals surface area (Å²) in [7, 11) is 0. The number of ketones is 1. The molecule has 2 fully saturated rings. The molecule has 2 bridgehead atoms. The van der Waals surface area contributed by atoms with Gasteiger partial charge in [0.2, 0.25) is 0 Å². The van der Waals surface area contributed by atoms with Crippen LogP contribution in [0.5, 0.6) is 0 Å². The summed E-state index contributed by atoms with van der Waals surface area (Å²) in [5.74, 6) is 2.75. The van der Waals surface area contributed by atoms with Crippen molar-refractivity contribution in [3.05, 3.63) is 17.7 Å². The number of aromatic nitrogens is 2. The van der Waals surface area contributed by atoms with Crippen LogP contribution in [0.3, 0.4) is 0 Å². The molecule has 4 heteroatoms. The van der Waals surface area contributed by atoms with Gasteiger partial charge in [-0.3, -0.25) is 4.79 Å². The molecule has 4 unspecified atom stereocenters. The Labute approximate surface area is 113 Å². The largest absolute Gasteiger partial charge is 0.348 e. The standard InChI is InChI=1S/C15H21N3O/c19-13(7-11-6-9-1-2-10(11)5-9)15-14-12(3-4-16-15)17-8-18-14/h8-11,15-16H,1-7H2,(H,17,18). The molecular weight excluding hydrogens is 238 g/mol. The third-order valence-electron chi connectivity index (χ3n) is 5.42. The summed E-state index contributed by atoms with van der Waals surface area (Å²) in [5, 5.41) is 3.35. The highest BCUT2D eigenvalue weighted by atomic mass is 16.1. The second-order valence-electron chi connectivity index (χ2n) is 6.51. The van der Waals surface area contributed by atoms with E-state index in [4.69, 9.17) is 0 Å². The van der Waals surface area contributed by atoms with Gasteiger partial charge < -0.3 is 10.3 Å². The van der Waals surface area contributed by atoms with E-state index < -0.39 is 0 Å². The number of Topliss-reactive ketones (excluding diaryl/α,β-unsaturated/α-hetero) is 1. The topological polar surface area (TPSA) is 57.8 Å². The van der Waals surface area contributed by atoms with Gasteiger partial charge in [-0.2, -0.15) is 0 Å². The van der Waals surface area contributed by atoms with Crippen molar-refractivity contribution >= 4 is 5.78 Å². The molecule has 2 aliphatic carbocycles. The van der Waals surface area contributed by atoms with Crippen LogP contribution in [0.4, 0.5) is 0 Å². The lowest BCUT2D eigenvalue weighted by atomic mass is 9.83. The number of H-pyrrole nitrogens is 1. The van der Waals surface area contributed by atoms with Gasteiger partial charge in [-0.15, -0.1) is 0 Å². The van der Waals surface area contributed by atoms with Crippen molar-refractivity contribution in [2.75, 3.05) is 6.54 Å². The highest BCUT2D eigenvalue weighted by Gasteiger charge is 2.41. The molecule has 2 saturated carbocycles. The molecule has 0 saturated heterocycles. The Kier molecular flexibility index (Phi) is 2.72. The maximum atomic E-state index is 12.6. The van der Waals surface area contributed by atoms with E-state index >= 15 is 0 Å². The highest BCUT2D eigenvalue weighted by Crippen LogP contribution is 2.50. The molecule has 19 heavy (non-hydrogen) atoms. The van der Waals surface area contributed by atoms with Gasteiger partial charge in [-0.05, 0) is 37.0 Å². The summed E-state index contributed by atoms with van der Waals surface area (Å²) in [6, 6.07) is -0.158. The number of nitrogens with zero attached hydrogens (tertiary/aromatic N) is 1. The van der Waals surface area contributed by atoms with Crippen LogP contribution < -0.4 is 5.32 Å². The number of carbonyl (C=O) groups is 1. The SMILES string of the molecule is O=C(CC1CC2CCC1C2)C1NCCc2[nH]cnc21. The van der Waals surface area contributed by atoms with E-state index in [1.165, 1.54) is 25.7 Å². The zero-order chi connectivity index (χ0) is 12.8. The Morgan fingerprint density at radius 1 is 1.37 bits per heavy atom. The van der Waals surface area contributed by atoms with Crippen molar-refractivity contribution in [1.29, 1.82) is 0 Å². The van der Waals surface area contributed by atoms with Crippen molar-refractivity contribution < 1.29 is 4.79 Å². The molecule has 4 nitrogen and oxygen atoms in total. The fraction of sp³-hybridized carbons (Fsp3) is 0.733. The highest BCUT2D eigenvalue weighted by molar-refractivity contribution is 5.85. The summed E-state index contributed by atoms with van der Waals surface area (Å²) < 4.78 is 0. The van der Waals surface area contributed by atoms with Gasteiger partial charge >= 0.3 is 0 Å². The van der Waals surface area contributed by atoms with Crippen molar-refractivity contribution in [1.82, 2.24) is 15.3 Å². The lowest BCUT2D eigenvalue weighted by molar-refractivity contribution is -0.122. The first kappa shape index (κ1) is 11.6. The maximum Gasteiger partial charge on any atom is 0.156 e. The van der Waals surface area contributed by atoms with Crippen LogP contribution in [-0.4, -0.2) is 22.3 Å². The van der Waals surface area contributed by atoms with Crippen LogP contribution in [0.2, 0.25) is 0 Å². The van der Waals surface area contributed by atoms with E-state index in [-0.39, 0.29) is 6.04 Å². The van der Waals surface area contributed by atoms with E-state index in [0.717, 1.165) is 42.6 Å². The molecule has 1 aliphatic heterocycles. The number of fused-ring (bicyclic) bond motifs is 3. The van der Waals surface area contributed by atoms with Gasteiger partial charge in [0.05, 0.1) is 12.0 Å². The number of carbonyl (C=O) groups excluding carboxylic acids is 1. The first-order valence-electron chi connectivity index (χ1n) is 7.59. The van der Waals surface area contributed by atoms with Gasteiger partial charge in [0, 0.05) is 25.1 Å². The van der Waals surface area contributed by atoms with Crippen molar-refractivity contribution in [3.63, 3.8) is 0 Å². The molecule has 0 spiro atoms. The average Bonchev–Trinajstić information content (AvgIpc) is 3.13. The molecule has 1 aromatic rings. The lowest BCUT2D eigenvalue weighted by Crippen LogP contribution is -2.36. The summed E-state index contributed by atoms with van der Waals surface area (Å²) in [4.78, 5) is 20.1. The molecule has 0 amide bonds. The van der Waals surface area contributed by atoms with Crippen molar-refractivity contribution in [3.8, 4) is 0 Å². The minimum absolute atomic E-state index is 0.158. The van der Waals surface area contributed by atoms with E-state index in [9.17, 15) is 4.79 Å². The first-order valence-corrected chi connectivity index (χ1v) is 7.59. The molecular formula is C15H21N3O. The predicted molar refractivity (Wildman–Crippen MR) is 71.6 cm³/mol. The lowest BCUT2D eigenvalue weighted by Gasteiger charge is -2.26. The van der Waals surface area contributed by atoms with Gasteiger partial charge in [0.25, 0.3) is 0 Å². The first-order chi connectivity index (χ1) is 9.31. The Morgan fingerprint density at radius 2 is 2.32 bits per heavy atom. The Hall–Kier alpha value is -1.16. The summed E-state index contributed by atoms with van der Waals surface area (Å²) >= 11 is 0. The van der Waals surface area contributed by atoms with Crippen LogP contribution in [0.15, 0.2) is 6.33 Å². The molecule has 0 radical (unpaired) electrons. The second kappa shape index (κ2) is 4.44. The fourth-order valence-corrected chi connectivity index (χ4v) is 4.49. The van der Waals surface area contributed by atoms with Crippen molar-refractivity contribution in [2.45, 2.75) is 44.6 Å². The molecule has 3 aliphatic rings.